The average Bonchev–Trinajstić information content (AvgIpc) is 2.33. The van der Waals surface area contributed by atoms with Crippen molar-refractivity contribution in [3.63, 3.8) is 0 Å². The normalized spacial score (nSPS) is 8.20. The van der Waals surface area contributed by atoms with E-state index in [1.807, 2.05) is 27.7 Å². The molecule has 0 aliphatic heterocycles. The monoisotopic (exact) mass is 208 g/mol. The minimum absolute atomic E-state index is 1.16. The molecule has 0 aliphatic rings. The molecule has 15 heavy (non-hydrogen) atoms. The average molecular weight is 208 g/mol. The molecule has 0 amide bonds. The van der Waals surface area contributed by atoms with Gasteiger partial charge in [0.05, 0.1) is 0 Å². The fraction of sp³-hybridized carbons (Fsp3) is 0.600. The van der Waals surface area contributed by atoms with E-state index in [4.69, 9.17) is 0 Å². The summed E-state index contributed by atoms with van der Waals surface area (Å²) < 4.78 is 0. The van der Waals surface area contributed by atoms with Crippen LogP contribution in [0, 0.1) is 6.92 Å². The van der Waals surface area contributed by atoms with Gasteiger partial charge in [0.25, 0.3) is 0 Å². The maximum atomic E-state index is 2.23. The van der Waals surface area contributed by atoms with Crippen molar-refractivity contribution in [1.29, 1.82) is 0 Å². The Morgan fingerprint density at radius 3 is 1.73 bits per heavy atom. The van der Waals surface area contributed by atoms with Gasteiger partial charge in [0.2, 0.25) is 0 Å². The lowest BCUT2D eigenvalue weighted by Gasteiger charge is -2.07. The summed E-state index contributed by atoms with van der Waals surface area (Å²) in [5.74, 6) is 0. The van der Waals surface area contributed by atoms with Crippen molar-refractivity contribution in [2.75, 3.05) is 0 Å². The van der Waals surface area contributed by atoms with Gasteiger partial charge in [0, 0.05) is 0 Å². The molecule has 0 heteroatoms. The summed E-state index contributed by atoms with van der Waals surface area (Å²) in [5.41, 5.74) is 4.48. The van der Waals surface area contributed by atoms with Crippen LogP contribution in [0.3, 0.4) is 0 Å². The lowest BCUT2D eigenvalue weighted by Crippen LogP contribution is -1.93. The summed E-state index contributed by atoms with van der Waals surface area (Å²) in [5, 5.41) is 0. The Bertz CT molecular complexity index is 236. The van der Waals surface area contributed by atoms with E-state index in [0.29, 0.717) is 0 Å². The molecule has 1 aromatic carbocycles. The van der Waals surface area contributed by atoms with Gasteiger partial charge in [0.15, 0.2) is 0 Å². The van der Waals surface area contributed by atoms with E-state index in [2.05, 4.69) is 39.0 Å². The van der Waals surface area contributed by atoms with Gasteiger partial charge in [-0.1, -0.05) is 59.7 Å². The second kappa shape index (κ2) is 11.3. The number of hydrogen-bond donors (Lipinski definition) is 0. The Hall–Kier alpha value is -0.780. The predicted molar refractivity (Wildman–Crippen MR) is 72.6 cm³/mol. The molecular formula is C15H28. The van der Waals surface area contributed by atoms with Crippen molar-refractivity contribution in [2.45, 2.75) is 61.3 Å². The zero-order chi connectivity index (χ0) is 12.3. The topological polar surface area (TPSA) is 0 Å². The predicted octanol–water partition coefficient (Wildman–Crippen LogP) is 5.17. The van der Waals surface area contributed by atoms with Gasteiger partial charge in [-0.05, 0) is 36.5 Å². The molecule has 0 bridgehead atoms. The van der Waals surface area contributed by atoms with Gasteiger partial charge in [-0.3, -0.25) is 0 Å². The molecule has 0 spiro atoms. The minimum Gasteiger partial charge on any atom is -0.0683 e. The second-order valence-electron chi connectivity index (χ2n) is 2.92. The molecule has 0 fully saturated rings. The first-order valence-electron chi connectivity index (χ1n) is 6.37. The van der Waals surface area contributed by atoms with Crippen LogP contribution >= 0.6 is 0 Å². The SMILES string of the molecule is CC.CC.CCc1cccc(C)c1CC. The standard InChI is InChI=1S/C11H16.2C2H6/c1-4-10-8-6-7-9(3)11(10)5-2;2*1-2/h6-8H,4-5H2,1-3H3;2*1-2H3. The van der Waals surface area contributed by atoms with Crippen molar-refractivity contribution < 1.29 is 0 Å². The van der Waals surface area contributed by atoms with Crippen molar-refractivity contribution in [2.24, 2.45) is 0 Å². The molecule has 1 rings (SSSR count). The third-order valence-electron chi connectivity index (χ3n) is 2.24. The van der Waals surface area contributed by atoms with Gasteiger partial charge in [-0.15, -0.1) is 0 Å². The second-order valence-corrected chi connectivity index (χ2v) is 2.92. The number of aryl methyl sites for hydroxylation is 2. The van der Waals surface area contributed by atoms with Crippen molar-refractivity contribution in [1.82, 2.24) is 0 Å². The summed E-state index contributed by atoms with van der Waals surface area (Å²) in [6.45, 7) is 14.6. The minimum atomic E-state index is 1.16. The van der Waals surface area contributed by atoms with Crippen LogP contribution in [0.5, 0.6) is 0 Å². The van der Waals surface area contributed by atoms with Crippen LogP contribution in [0.15, 0.2) is 18.2 Å². The molecule has 0 radical (unpaired) electrons. The van der Waals surface area contributed by atoms with E-state index in [9.17, 15) is 0 Å². The highest BCUT2D eigenvalue weighted by Gasteiger charge is 1.99. The maximum absolute atomic E-state index is 2.23. The third kappa shape index (κ3) is 5.61. The molecule has 0 saturated carbocycles. The first-order chi connectivity index (χ1) is 7.29. The van der Waals surface area contributed by atoms with Gasteiger partial charge in [0.1, 0.15) is 0 Å². The van der Waals surface area contributed by atoms with E-state index in [1.165, 1.54) is 16.7 Å². The summed E-state index contributed by atoms with van der Waals surface area (Å²) in [7, 11) is 0. The van der Waals surface area contributed by atoms with Crippen molar-refractivity contribution >= 4 is 0 Å². The van der Waals surface area contributed by atoms with E-state index in [1.54, 1.807) is 0 Å². The third-order valence-corrected chi connectivity index (χ3v) is 2.24. The molecule has 0 heterocycles. The zero-order valence-electron chi connectivity index (χ0n) is 11.6. The fourth-order valence-corrected chi connectivity index (χ4v) is 1.60. The molecule has 0 N–H and O–H groups in total. The fourth-order valence-electron chi connectivity index (χ4n) is 1.60. The van der Waals surface area contributed by atoms with Crippen LogP contribution in [0.25, 0.3) is 0 Å². The van der Waals surface area contributed by atoms with E-state index in [0.717, 1.165) is 12.8 Å². The molecular weight excluding hydrogens is 180 g/mol. The summed E-state index contributed by atoms with van der Waals surface area (Å²) >= 11 is 0. The summed E-state index contributed by atoms with van der Waals surface area (Å²) in [6.07, 6.45) is 2.32. The summed E-state index contributed by atoms with van der Waals surface area (Å²) in [4.78, 5) is 0. The molecule has 0 aromatic heterocycles. The smallest absolute Gasteiger partial charge is 0.0302 e. The lowest BCUT2D eigenvalue weighted by atomic mass is 9.98. The van der Waals surface area contributed by atoms with Crippen LogP contribution in [0.4, 0.5) is 0 Å². The van der Waals surface area contributed by atoms with Crippen LogP contribution < -0.4 is 0 Å². The number of benzene rings is 1. The zero-order valence-corrected chi connectivity index (χ0v) is 11.6. The highest BCUT2D eigenvalue weighted by Crippen LogP contribution is 2.14. The Balaban J connectivity index is 0. The van der Waals surface area contributed by atoms with Crippen molar-refractivity contribution in [3.05, 3.63) is 34.9 Å². The summed E-state index contributed by atoms with van der Waals surface area (Å²) in [6, 6.07) is 6.57. The molecule has 0 saturated heterocycles. The molecule has 0 atom stereocenters. The highest BCUT2D eigenvalue weighted by molar-refractivity contribution is 5.34. The molecule has 88 valence electrons. The Morgan fingerprint density at radius 2 is 1.40 bits per heavy atom. The molecule has 0 nitrogen and oxygen atoms in total. The molecule has 1 aromatic rings. The van der Waals surface area contributed by atoms with Crippen LogP contribution in [-0.4, -0.2) is 0 Å². The Labute approximate surface area is 96.7 Å². The van der Waals surface area contributed by atoms with Gasteiger partial charge in [-0.25, -0.2) is 0 Å². The van der Waals surface area contributed by atoms with E-state index < -0.39 is 0 Å². The first-order valence-corrected chi connectivity index (χ1v) is 6.37. The van der Waals surface area contributed by atoms with Gasteiger partial charge < -0.3 is 0 Å². The van der Waals surface area contributed by atoms with E-state index >= 15 is 0 Å². The van der Waals surface area contributed by atoms with Crippen LogP contribution in [0.2, 0.25) is 0 Å². The van der Waals surface area contributed by atoms with E-state index in [-0.39, 0.29) is 0 Å². The van der Waals surface area contributed by atoms with Gasteiger partial charge >= 0.3 is 0 Å². The Morgan fingerprint density at radius 1 is 0.867 bits per heavy atom. The Kier molecular flexibility index (Phi) is 12.5. The molecule has 0 unspecified atom stereocenters. The van der Waals surface area contributed by atoms with Crippen LogP contribution in [0.1, 0.15) is 58.2 Å². The quantitative estimate of drug-likeness (QED) is 0.629. The van der Waals surface area contributed by atoms with Gasteiger partial charge in [-0.2, -0.15) is 0 Å². The maximum Gasteiger partial charge on any atom is -0.0302 e. The largest absolute Gasteiger partial charge is 0.0683 e. The molecule has 0 aliphatic carbocycles. The van der Waals surface area contributed by atoms with Crippen molar-refractivity contribution in [3.8, 4) is 0 Å². The lowest BCUT2D eigenvalue weighted by molar-refractivity contribution is 1.02. The number of hydrogen-bond acceptors (Lipinski definition) is 0. The van der Waals surface area contributed by atoms with Crippen LogP contribution in [-0.2, 0) is 12.8 Å². The highest BCUT2D eigenvalue weighted by atomic mass is 14.0. The number of rotatable bonds is 2. The first kappa shape index (κ1) is 16.6.